The minimum atomic E-state index is -0.482. The molecule has 0 aliphatic carbocycles. The first kappa shape index (κ1) is 24.4. The van der Waals surface area contributed by atoms with Crippen molar-refractivity contribution in [2.45, 2.75) is 39.8 Å². The van der Waals surface area contributed by atoms with Gasteiger partial charge in [-0.25, -0.2) is 0 Å². The molecule has 194 valence electrons. The van der Waals surface area contributed by atoms with E-state index in [1.54, 1.807) is 0 Å². The van der Waals surface area contributed by atoms with Gasteiger partial charge in [0, 0.05) is 73.0 Å². The number of hydrogen-bond donors (Lipinski definition) is 0. The summed E-state index contributed by atoms with van der Waals surface area (Å²) in [5.74, 6) is 1.88. The van der Waals surface area contributed by atoms with Gasteiger partial charge in [-0.05, 0) is 63.1 Å². The van der Waals surface area contributed by atoms with Crippen LogP contribution in [0.5, 0.6) is 11.5 Å². The SMILES string of the molecule is CCN(CC)c1ccc2c(c1)Oc1cc(N(CC)CC)ccc1C21c2ccccc2CN1c1ccccc1. The number of rotatable bonds is 7. The van der Waals surface area contributed by atoms with E-state index in [9.17, 15) is 0 Å². The van der Waals surface area contributed by atoms with Crippen LogP contribution < -0.4 is 19.4 Å². The fraction of sp³-hybridized carbons (Fsp3) is 0.294. The molecule has 1 spiro atoms. The predicted molar refractivity (Wildman–Crippen MR) is 159 cm³/mol. The largest absolute Gasteiger partial charge is 0.456 e. The standard InChI is InChI=1S/C34H37N3O/c1-5-35(6-2)27-18-20-30-32(22-27)38-33-23-28(36(7-3)8-4)19-21-31(33)34(30)29-17-13-12-14-25(29)24-37(34)26-15-10-9-11-16-26/h9-23H,5-8,24H2,1-4H3. The van der Waals surface area contributed by atoms with Crippen LogP contribution in [0.2, 0.25) is 0 Å². The number of benzene rings is 4. The summed E-state index contributed by atoms with van der Waals surface area (Å²) >= 11 is 0. The quantitative estimate of drug-likeness (QED) is 0.256. The highest BCUT2D eigenvalue weighted by Crippen LogP contribution is 2.59. The maximum atomic E-state index is 6.84. The molecule has 0 atom stereocenters. The topological polar surface area (TPSA) is 19.0 Å². The second kappa shape index (κ2) is 9.75. The Balaban J connectivity index is 1.66. The van der Waals surface area contributed by atoms with Crippen LogP contribution in [0.15, 0.2) is 91.0 Å². The lowest BCUT2D eigenvalue weighted by atomic mass is 9.74. The average molecular weight is 504 g/mol. The van der Waals surface area contributed by atoms with Gasteiger partial charge >= 0.3 is 0 Å². The number of hydrogen-bond acceptors (Lipinski definition) is 4. The molecule has 4 heteroatoms. The average Bonchev–Trinajstić information content (AvgIpc) is 3.30. The number of para-hydroxylation sites is 1. The second-order valence-corrected chi connectivity index (χ2v) is 10.1. The van der Waals surface area contributed by atoms with Crippen LogP contribution in [-0.2, 0) is 12.1 Å². The van der Waals surface area contributed by atoms with Crippen LogP contribution >= 0.6 is 0 Å². The third kappa shape index (κ3) is 3.58. The van der Waals surface area contributed by atoms with E-state index >= 15 is 0 Å². The lowest BCUT2D eigenvalue weighted by molar-refractivity contribution is 0.416. The van der Waals surface area contributed by atoms with Crippen molar-refractivity contribution in [3.05, 3.63) is 113 Å². The van der Waals surface area contributed by atoms with E-state index in [1.165, 1.54) is 39.3 Å². The molecule has 4 aromatic rings. The van der Waals surface area contributed by atoms with Crippen molar-refractivity contribution in [2.24, 2.45) is 0 Å². The van der Waals surface area contributed by atoms with E-state index in [-0.39, 0.29) is 0 Å². The van der Waals surface area contributed by atoms with Gasteiger partial charge in [0.2, 0.25) is 0 Å². The molecule has 0 amide bonds. The highest BCUT2D eigenvalue weighted by molar-refractivity contribution is 5.76. The minimum Gasteiger partial charge on any atom is -0.456 e. The van der Waals surface area contributed by atoms with Crippen molar-refractivity contribution in [1.29, 1.82) is 0 Å². The molecule has 2 aliphatic heterocycles. The summed E-state index contributed by atoms with van der Waals surface area (Å²) in [6.45, 7) is 13.5. The van der Waals surface area contributed by atoms with Gasteiger partial charge in [-0.15, -0.1) is 0 Å². The highest BCUT2D eigenvalue weighted by atomic mass is 16.5. The van der Waals surface area contributed by atoms with E-state index in [1.807, 2.05) is 0 Å². The van der Waals surface area contributed by atoms with E-state index in [0.717, 1.165) is 44.2 Å². The molecule has 0 unspecified atom stereocenters. The molecule has 0 aromatic heterocycles. The van der Waals surface area contributed by atoms with Crippen molar-refractivity contribution in [3.63, 3.8) is 0 Å². The molecule has 2 aliphatic rings. The predicted octanol–water partition coefficient (Wildman–Crippen LogP) is 7.80. The Morgan fingerprint density at radius 1 is 0.632 bits per heavy atom. The van der Waals surface area contributed by atoms with Crippen molar-refractivity contribution in [3.8, 4) is 11.5 Å². The first-order chi connectivity index (χ1) is 18.6. The fourth-order valence-corrected chi connectivity index (χ4v) is 6.54. The Bertz CT molecular complexity index is 1380. The number of fused-ring (bicyclic) bond motifs is 6. The van der Waals surface area contributed by atoms with Crippen LogP contribution in [-0.4, -0.2) is 26.2 Å². The molecule has 0 bridgehead atoms. The molecule has 4 aromatic carbocycles. The Labute approximate surface area is 227 Å². The Morgan fingerprint density at radius 2 is 1.16 bits per heavy atom. The number of nitrogens with zero attached hydrogens (tertiary/aromatic N) is 3. The monoisotopic (exact) mass is 503 g/mol. The first-order valence-electron chi connectivity index (χ1n) is 14.0. The third-order valence-corrected chi connectivity index (χ3v) is 8.40. The molecular formula is C34H37N3O. The van der Waals surface area contributed by atoms with E-state index < -0.39 is 5.54 Å². The van der Waals surface area contributed by atoms with Crippen LogP contribution in [0.3, 0.4) is 0 Å². The Kier molecular flexibility index (Phi) is 6.27. The van der Waals surface area contributed by atoms with Crippen molar-refractivity contribution < 1.29 is 4.74 Å². The number of anilines is 3. The zero-order valence-corrected chi connectivity index (χ0v) is 22.9. The van der Waals surface area contributed by atoms with E-state index in [2.05, 4.69) is 133 Å². The maximum Gasteiger partial charge on any atom is 0.135 e. The second-order valence-electron chi connectivity index (χ2n) is 10.1. The van der Waals surface area contributed by atoms with Crippen molar-refractivity contribution in [1.82, 2.24) is 0 Å². The van der Waals surface area contributed by atoms with E-state index in [4.69, 9.17) is 4.74 Å². The van der Waals surface area contributed by atoms with Crippen LogP contribution in [0, 0.1) is 0 Å². The summed E-state index contributed by atoms with van der Waals surface area (Å²) in [4.78, 5) is 7.34. The fourth-order valence-electron chi connectivity index (χ4n) is 6.54. The maximum absolute atomic E-state index is 6.84. The van der Waals surface area contributed by atoms with Gasteiger partial charge in [-0.3, -0.25) is 0 Å². The molecule has 4 nitrogen and oxygen atoms in total. The van der Waals surface area contributed by atoms with Gasteiger partial charge in [0.05, 0.1) is 0 Å². The summed E-state index contributed by atoms with van der Waals surface area (Å²) < 4.78 is 6.84. The summed E-state index contributed by atoms with van der Waals surface area (Å²) in [5.41, 5.74) is 8.22. The Hall–Kier alpha value is -3.92. The van der Waals surface area contributed by atoms with Gasteiger partial charge < -0.3 is 19.4 Å². The summed E-state index contributed by atoms with van der Waals surface area (Å²) in [7, 11) is 0. The lowest BCUT2D eigenvalue weighted by Crippen LogP contribution is -2.45. The molecular weight excluding hydrogens is 466 g/mol. The Morgan fingerprint density at radius 3 is 1.71 bits per heavy atom. The molecule has 0 fully saturated rings. The molecule has 0 saturated heterocycles. The molecule has 6 rings (SSSR count). The van der Waals surface area contributed by atoms with Gasteiger partial charge in [-0.2, -0.15) is 0 Å². The van der Waals surface area contributed by atoms with Gasteiger partial charge in [0.15, 0.2) is 0 Å². The molecule has 0 radical (unpaired) electrons. The zero-order chi connectivity index (χ0) is 26.3. The van der Waals surface area contributed by atoms with Gasteiger partial charge in [0.25, 0.3) is 0 Å². The molecule has 38 heavy (non-hydrogen) atoms. The zero-order valence-electron chi connectivity index (χ0n) is 22.9. The smallest absolute Gasteiger partial charge is 0.135 e. The van der Waals surface area contributed by atoms with Crippen LogP contribution in [0.4, 0.5) is 17.1 Å². The normalized spacial score (nSPS) is 14.5. The van der Waals surface area contributed by atoms with Crippen LogP contribution in [0.25, 0.3) is 0 Å². The highest BCUT2D eigenvalue weighted by Gasteiger charge is 2.53. The van der Waals surface area contributed by atoms with Crippen molar-refractivity contribution >= 4 is 17.1 Å². The van der Waals surface area contributed by atoms with Gasteiger partial charge in [-0.1, -0.05) is 54.6 Å². The molecule has 2 heterocycles. The third-order valence-electron chi connectivity index (χ3n) is 8.40. The minimum absolute atomic E-state index is 0.482. The first-order valence-corrected chi connectivity index (χ1v) is 14.0. The summed E-state index contributed by atoms with van der Waals surface area (Å²) in [6, 6.07) is 33.4. The molecule has 0 N–H and O–H groups in total. The van der Waals surface area contributed by atoms with Crippen molar-refractivity contribution in [2.75, 3.05) is 40.9 Å². The van der Waals surface area contributed by atoms with Crippen LogP contribution in [0.1, 0.15) is 49.9 Å². The van der Waals surface area contributed by atoms with Gasteiger partial charge in [0.1, 0.15) is 17.0 Å². The summed E-state index contributed by atoms with van der Waals surface area (Å²) in [5, 5.41) is 0. The molecule has 0 saturated carbocycles. The number of ether oxygens (including phenoxy) is 1. The van der Waals surface area contributed by atoms with E-state index in [0.29, 0.717) is 0 Å². The summed E-state index contributed by atoms with van der Waals surface area (Å²) in [6.07, 6.45) is 0. The lowest BCUT2D eigenvalue weighted by Gasteiger charge is -2.46.